The molecular formula is C18H30N4. The highest BCUT2D eigenvalue weighted by Crippen LogP contribution is 2.27. The van der Waals surface area contributed by atoms with Crippen LogP contribution >= 0.6 is 0 Å². The number of anilines is 1. The van der Waals surface area contributed by atoms with E-state index in [1.54, 1.807) is 0 Å². The fourth-order valence-electron chi connectivity index (χ4n) is 3.24. The standard InChI is InChI=1S/C18H30N4/c1-14-10-15(2)12-22(11-14)18(3,4)13-20-17(19)21-16-8-6-5-7-9-16/h5-9,14-15H,10-13H2,1-4H3,(H3,19,20,21). The highest BCUT2D eigenvalue weighted by atomic mass is 15.2. The van der Waals surface area contributed by atoms with E-state index in [9.17, 15) is 0 Å². The van der Waals surface area contributed by atoms with Crippen LogP contribution in [-0.4, -0.2) is 36.0 Å². The summed E-state index contributed by atoms with van der Waals surface area (Å²) >= 11 is 0. The zero-order valence-electron chi connectivity index (χ0n) is 14.3. The lowest BCUT2D eigenvalue weighted by molar-refractivity contribution is 0.0513. The van der Waals surface area contributed by atoms with Crippen molar-refractivity contribution in [1.82, 2.24) is 4.90 Å². The molecule has 1 heterocycles. The fourth-order valence-corrected chi connectivity index (χ4v) is 3.24. The molecule has 0 aliphatic carbocycles. The quantitative estimate of drug-likeness (QED) is 0.663. The highest BCUT2D eigenvalue weighted by Gasteiger charge is 2.32. The Hall–Kier alpha value is -1.55. The Kier molecular flexibility index (Phi) is 5.46. The first-order valence-corrected chi connectivity index (χ1v) is 8.24. The minimum atomic E-state index is 0.0337. The predicted molar refractivity (Wildman–Crippen MR) is 95.2 cm³/mol. The first-order valence-electron chi connectivity index (χ1n) is 8.24. The van der Waals surface area contributed by atoms with Gasteiger partial charge in [0.15, 0.2) is 5.96 Å². The summed E-state index contributed by atoms with van der Waals surface area (Å²) in [7, 11) is 0. The summed E-state index contributed by atoms with van der Waals surface area (Å²) < 4.78 is 0. The van der Waals surface area contributed by atoms with Crippen molar-refractivity contribution in [3.8, 4) is 0 Å². The van der Waals surface area contributed by atoms with Crippen LogP contribution in [0.5, 0.6) is 0 Å². The highest BCUT2D eigenvalue weighted by molar-refractivity contribution is 5.92. The Labute approximate surface area is 134 Å². The smallest absolute Gasteiger partial charge is 0.193 e. The van der Waals surface area contributed by atoms with E-state index in [1.165, 1.54) is 6.42 Å². The van der Waals surface area contributed by atoms with Crippen molar-refractivity contribution < 1.29 is 0 Å². The van der Waals surface area contributed by atoms with Gasteiger partial charge in [-0.25, -0.2) is 0 Å². The zero-order valence-corrected chi connectivity index (χ0v) is 14.3. The van der Waals surface area contributed by atoms with E-state index in [1.807, 2.05) is 30.3 Å². The van der Waals surface area contributed by atoms with Gasteiger partial charge in [-0.15, -0.1) is 0 Å². The van der Waals surface area contributed by atoms with E-state index in [0.29, 0.717) is 12.5 Å². The topological polar surface area (TPSA) is 53.6 Å². The molecular weight excluding hydrogens is 272 g/mol. The number of rotatable bonds is 4. The lowest BCUT2D eigenvalue weighted by Gasteiger charge is -2.44. The summed E-state index contributed by atoms with van der Waals surface area (Å²) in [6.45, 7) is 12.2. The molecule has 0 saturated carbocycles. The normalized spacial score (nSPS) is 24.3. The average Bonchev–Trinajstić information content (AvgIpc) is 2.45. The molecule has 4 nitrogen and oxygen atoms in total. The molecule has 22 heavy (non-hydrogen) atoms. The lowest BCUT2D eigenvalue weighted by Crippen LogP contribution is -2.52. The van der Waals surface area contributed by atoms with Gasteiger partial charge >= 0.3 is 0 Å². The maximum Gasteiger partial charge on any atom is 0.193 e. The van der Waals surface area contributed by atoms with E-state index >= 15 is 0 Å². The van der Waals surface area contributed by atoms with Crippen LogP contribution in [0, 0.1) is 11.8 Å². The fraction of sp³-hybridized carbons (Fsp3) is 0.611. The largest absolute Gasteiger partial charge is 0.370 e. The summed E-state index contributed by atoms with van der Waals surface area (Å²) in [5.41, 5.74) is 7.02. The minimum Gasteiger partial charge on any atom is -0.370 e. The van der Waals surface area contributed by atoms with Crippen molar-refractivity contribution in [2.75, 3.05) is 25.0 Å². The predicted octanol–water partition coefficient (Wildman–Crippen LogP) is 3.17. The SMILES string of the molecule is CC1CC(C)CN(C(C)(C)CN=C(N)Nc2ccccc2)C1. The number of nitrogens with zero attached hydrogens (tertiary/aromatic N) is 2. The van der Waals surface area contributed by atoms with Gasteiger partial charge in [0.25, 0.3) is 0 Å². The molecule has 0 aromatic heterocycles. The number of hydrogen-bond donors (Lipinski definition) is 2. The van der Waals surface area contributed by atoms with Crippen molar-refractivity contribution in [2.45, 2.75) is 39.7 Å². The molecule has 1 aliphatic rings. The Morgan fingerprint density at radius 2 is 1.82 bits per heavy atom. The second kappa shape index (κ2) is 7.14. The third-order valence-corrected chi connectivity index (χ3v) is 4.41. The number of nitrogens with one attached hydrogen (secondary N) is 1. The van der Waals surface area contributed by atoms with Crippen LogP contribution in [0.15, 0.2) is 35.3 Å². The number of nitrogens with two attached hydrogens (primary N) is 1. The van der Waals surface area contributed by atoms with Crippen molar-refractivity contribution >= 4 is 11.6 Å². The number of piperidine rings is 1. The Morgan fingerprint density at radius 1 is 1.23 bits per heavy atom. The van der Waals surface area contributed by atoms with Gasteiger partial charge in [0.2, 0.25) is 0 Å². The monoisotopic (exact) mass is 302 g/mol. The first kappa shape index (κ1) is 16.8. The van der Waals surface area contributed by atoms with E-state index in [-0.39, 0.29) is 5.54 Å². The van der Waals surface area contributed by atoms with Gasteiger partial charge in [0.05, 0.1) is 6.54 Å². The summed E-state index contributed by atoms with van der Waals surface area (Å²) in [5, 5.41) is 3.14. The van der Waals surface area contributed by atoms with E-state index in [0.717, 1.165) is 30.6 Å². The van der Waals surface area contributed by atoms with Gasteiger partial charge in [-0.05, 0) is 44.2 Å². The van der Waals surface area contributed by atoms with Gasteiger partial charge in [-0.1, -0.05) is 32.0 Å². The molecule has 1 aliphatic heterocycles. The number of aliphatic imine (C=N–C) groups is 1. The van der Waals surface area contributed by atoms with Gasteiger partial charge in [0, 0.05) is 24.3 Å². The van der Waals surface area contributed by atoms with Crippen molar-refractivity contribution in [1.29, 1.82) is 0 Å². The van der Waals surface area contributed by atoms with Crippen LogP contribution in [0.2, 0.25) is 0 Å². The Bertz CT molecular complexity index is 485. The van der Waals surface area contributed by atoms with Crippen LogP contribution in [0.1, 0.15) is 34.1 Å². The van der Waals surface area contributed by atoms with E-state index < -0.39 is 0 Å². The molecule has 1 aromatic carbocycles. The number of likely N-dealkylation sites (tertiary alicyclic amines) is 1. The molecule has 1 saturated heterocycles. The number of guanidine groups is 1. The molecule has 0 radical (unpaired) electrons. The van der Waals surface area contributed by atoms with Crippen LogP contribution in [0.3, 0.4) is 0 Å². The minimum absolute atomic E-state index is 0.0337. The summed E-state index contributed by atoms with van der Waals surface area (Å²) in [6, 6.07) is 9.93. The van der Waals surface area contributed by atoms with E-state index in [4.69, 9.17) is 5.73 Å². The molecule has 0 spiro atoms. The van der Waals surface area contributed by atoms with Crippen molar-refractivity contribution in [2.24, 2.45) is 22.6 Å². The molecule has 0 amide bonds. The number of benzene rings is 1. The number of para-hydroxylation sites is 1. The van der Waals surface area contributed by atoms with Crippen LogP contribution in [0.25, 0.3) is 0 Å². The summed E-state index contributed by atoms with van der Waals surface area (Å²) in [4.78, 5) is 7.12. The second-order valence-electron chi connectivity index (χ2n) is 7.36. The molecule has 4 heteroatoms. The molecule has 122 valence electrons. The second-order valence-corrected chi connectivity index (χ2v) is 7.36. The lowest BCUT2D eigenvalue weighted by atomic mass is 9.88. The third kappa shape index (κ3) is 4.73. The molecule has 3 N–H and O–H groups in total. The van der Waals surface area contributed by atoms with Crippen LogP contribution in [0.4, 0.5) is 5.69 Å². The third-order valence-electron chi connectivity index (χ3n) is 4.41. The average molecular weight is 302 g/mol. The molecule has 2 unspecified atom stereocenters. The van der Waals surface area contributed by atoms with Gasteiger partial charge in [0.1, 0.15) is 0 Å². The maximum absolute atomic E-state index is 6.02. The number of hydrogen-bond acceptors (Lipinski definition) is 2. The zero-order chi connectivity index (χ0) is 16.2. The van der Waals surface area contributed by atoms with Crippen LogP contribution < -0.4 is 11.1 Å². The van der Waals surface area contributed by atoms with Gasteiger partial charge in [-0.2, -0.15) is 0 Å². The Balaban J connectivity index is 1.94. The molecule has 2 atom stereocenters. The molecule has 0 bridgehead atoms. The van der Waals surface area contributed by atoms with E-state index in [2.05, 4.69) is 42.9 Å². The first-order chi connectivity index (χ1) is 10.4. The van der Waals surface area contributed by atoms with Crippen molar-refractivity contribution in [3.05, 3.63) is 30.3 Å². The molecule has 1 aromatic rings. The van der Waals surface area contributed by atoms with Crippen LogP contribution in [-0.2, 0) is 0 Å². The summed E-state index contributed by atoms with van der Waals surface area (Å²) in [6.07, 6.45) is 1.33. The Morgan fingerprint density at radius 3 is 2.41 bits per heavy atom. The van der Waals surface area contributed by atoms with Gasteiger partial charge in [-0.3, -0.25) is 9.89 Å². The molecule has 2 rings (SSSR count). The van der Waals surface area contributed by atoms with Gasteiger partial charge < -0.3 is 11.1 Å². The van der Waals surface area contributed by atoms with Crippen molar-refractivity contribution in [3.63, 3.8) is 0 Å². The maximum atomic E-state index is 6.02. The summed E-state index contributed by atoms with van der Waals surface area (Å²) in [5.74, 6) is 2.00. The molecule has 1 fully saturated rings.